The average Bonchev–Trinajstić information content (AvgIpc) is 2.92. The Morgan fingerprint density at radius 3 is 2.54 bits per heavy atom. The van der Waals surface area contributed by atoms with Gasteiger partial charge >= 0.3 is 0 Å². The molecule has 2 aliphatic rings. The predicted octanol–water partition coefficient (Wildman–Crippen LogP) is 5.04. The highest BCUT2D eigenvalue weighted by molar-refractivity contribution is 6.30. The molecule has 0 spiro atoms. The number of ketones is 1. The molecule has 7 nitrogen and oxygen atoms in total. The standard InChI is InChI=1S/C31H33ClN2O5/c1-19-12-22-9-10-24(32)14-26(22)27-16-30(36)34(17-23(27)18-39-19)28(15-25-4-2-3-11-38-25)29(35)13-20-5-7-21(8-6-20)31(33)37/h5-10,14,16-17,19,25,28H,2-4,11-13,15,18H2,1H3,(H2,33,37)/t19?,25-,28?/m0/s1. The number of rotatable bonds is 7. The number of carbonyl (C=O) groups is 2. The molecule has 3 atom stereocenters. The van der Waals surface area contributed by atoms with Gasteiger partial charge in [-0.1, -0.05) is 29.8 Å². The summed E-state index contributed by atoms with van der Waals surface area (Å²) in [6.45, 7) is 3.00. The van der Waals surface area contributed by atoms with Crippen LogP contribution in [0.15, 0.2) is 59.5 Å². The number of nitrogens with zero attached hydrogens (tertiary/aromatic N) is 1. The maximum absolute atomic E-state index is 13.8. The molecular formula is C31H33ClN2O5. The minimum atomic E-state index is -0.705. The molecule has 1 aromatic heterocycles. The van der Waals surface area contributed by atoms with Crippen molar-refractivity contribution < 1.29 is 19.1 Å². The second-order valence-corrected chi connectivity index (χ2v) is 11.0. The molecule has 1 saturated heterocycles. The second kappa shape index (κ2) is 11.9. The number of amides is 1. The summed E-state index contributed by atoms with van der Waals surface area (Å²) in [5.41, 5.74) is 9.83. The number of nitrogens with two attached hydrogens (primary N) is 1. The van der Waals surface area contributed by atoms with Crippen LogP contribution in [-0.4, -0.2) is 35.1 Å². The molecule has 0 bridgehead atoms. The Kier molecular flexibility index (Phi) is 8.31. The first-order valence-corrected chi connectivity index (χ1v) is 13.8. The lowest BCUT2D eigenvalue weighted by Gasteiger charge is -2.29. The Bertz CT molecular complexity index is 1430. The van der Waals surface area contributed by atoms with Crippen LogP contribution < -0.4 is 11.3 Å². The van der Waals surface area contributed by atoms with Gasteiger partial charge in [0.2, 0.25) is 5.91 Å². The maximum Gasteiger partial charge on any atom is 0.251 e. The van der Waals surface area contributed by atoms with Gasteiger partial charge < -0.3 is 19.8 Å². The fraction of sp³-hybridized carbons (Fsp3) is 0.387. The third-order valence-electron chi connectivity index (χ3n) is 7.64. The number of fused-ring (bicyclic) bond motifs is 3. The highest BCUT2D eigenvalue weighted by Crippen LogP contribution is 2.34. The summed E-state index contributed by atoms with van der Waals surface area (Å²) in [5.74, 6) is -0.617. The van der Waals surface area contributed by atoms with E-state index in [1.54, 1.807) is 41.1 Å². The van der Waals surface area contributed by atoms with Gasteiger partial charge in [-0.05, 0) is 79.1 Å². The van der Waals surface area contributed by atoms with E-state index in [1.165, 1.54) is 0 Å². The topological polar surface area (TPSA) is 101 Å². The van der Waals surface area contributed by atoms with Crippen molar-refractivity contribution in [3.8, 4) is 11.1 Å². The van der Waals surface area contributed by atoms with Gasteiger partial charge in [0.25, 0.3) is 5.56 Å². The molecule has 3 heterocycles. The summed E-state index contributed by atoms with van der Waals surface area (Å²) in [6, 6.07) is 13.3. The lowest BCUT2D eigenvalue weighted by atomic mass is 9.92. The molecule has 5 rings (SSSR count). The van der Waals surface area contributed by atoms with Crippen molar-refractivity contribution in [2.45, 2.75) is 70.3 Å². The molecule has 2 N–H and O–H groups in total. The molecule has 204 valence electrons. The van der Waals surface area contributed by atoms with Crippen LogP contribution in [0.25, 0.3) is 11.1 Å². The number of hydrogen-bond acceptors (Lipinski definition) is 5. The van der Waals surface area contributed by atoms with Gasteiger partial charge in [-0.3, -0.25) is 14.4 Å². The molecule has 8 heteroatoms. The molecule has 0 radical (unpaired) electrons. The highest BCUT2D eigenvalue weighted by Gasteiger charge is 2.29. The van der Waals surface area contributed by atoms with Crippen LogP contribution in [0.1, 0.15) is 65.7 Å². The Balaban J connectivity index is 1.53. The van der Waals surface area contributed by atoms with Gasteiger partial charge in [-0.25, -0.2) is 0 Å². The number of halogens is 1. The predicted molar refractivity (Wildman–Crippen MR) is 150 cm³/mol. The zero-order chi connectivity index (χ0) is 27.5. The van der Waals surface area contributed by atoms with E-state index in [2.05, 4.69) is 0 Å². The van der Waals surface area contributed by atoms with Crippen LogP contribution in [0.2, 0.25) is 5.02 Å². The van der Waals surface area contributed by atoms with E-state index in [0.29, 0.717) is 36.6 Å². The minimum Gasteiger partial charge on any atom is -0.378 e. The molecule has 39 heavy (non-hydrogen) atoms. The van der Waals surface area contributed by atoms with Crippen LogP contribution in [0.3, 0.4) is 0 Å². The normalized spacial score (nSPS) is 19.7. The van der Waals surface area contributed by atoms with Crippen molar-refractivity contribution in [2.24, 2.45) is 5.73 Å². The number of benzene rings is 2. The lowest BCUT2D eigenvalue weighted by molar-refractivity contribution is -0.123. The van der Waals surface area contributed by atoms with Gasteiger partial charge in [0.15, 0.2) is 5.78 Å². The third-order valence-corrected chi connectivity index (χ3v) is 7.88. The first-order valence-electron chi connectivity index (χ1n) is 13.5. The van der Waals surface area contributed by atoms with E-state index in [4.69, 9.17) is 26.8 Å². The molecule has 2 aliphatic heterocycles. The number of aromatic nitrogens is 1. The summed E-state index contributed by atoms with van der Waals surface area (Å²) in [7, 11) is 0. The van der Waals surface area contributed by atoms with E-state index in [-0.39, 0.29) is 30.0 Å². The number of carbonyl (C=O) groups excluding carboxylic acids is 2. The zero-order valence-corrected chi connectivity index (χ0v) is 22.8. The summed E-state index contributed by atoms with van der Waals surface area (Å²) < 4.78 is 13.6. The third kappa shape index (κ3) is 6.32. The monoisotopic (exact) mass is 548 g/mol. The van der Waals surface area contributed by atoms with Crippen LogP contribution >= 0.6 is 11.6 Å². The summed E-state index contributed by atoms with van der Waals surface area (Å²) in [5, 5.41) is 0.600. The Morgan fingerprint density at radius 2 is 1.82 bits per heavy atom. The van der Waals surface area contributed by atoms with Crippen LogP contribution in [0, 0.1) is 0 Å². The van der Waals surface area contributed by atoms with E-state index < -0.39 is 11.9 Å². The highest BCUT2D eigenvalue weighted by atomic mass is 35.5. The fourth-order valence-corrected chi connectivity index (χ4v) is 5.70. The van der Waals surface area contributed by atoms with Crippen molar-refractivity contribution in [3.63, 3.8) is 0 Å². The molecule has 2 aromatic carbocycles. The van der Waals surface area contributed by atoms with Crippen molar-refractivity contribution in [2.75, 3.05) is 6.61 Å². The van der Waals surface area contributed by atoms with Gasteiger partial charge in [0.1, 0.15) is 0 Å². The summed E-state index contributed by atoms with van der Waals surface area (Å²) in [6.07, 6.45) is 5.78. The van der Waals surface area contributed by atoms with Gasteiger partial charge in [0, 0.05) is 47.9 Å². The van der Waals surface area contributed by atoms with Crippen molar-refractivity contribution in [1.29, 1.82) is 0 Å². The molecule has 3 aromatic rings. The van der Waals surface area contributed by atoms with E-state index in [1.807, 2.05) is 25.1 Å². The maximum atomic E-state index is 13.8. The number of Topliss-reactive ketones (excluding diaryl/α,β-unsaturated/α-hetero) is 1. The first kappa shape index (κ1) is 27.3. The van der Waals surface area contributed by atoms with E-state index in [0.717, 1.165) is 47.1 Å². The van der Waals surface area contributed by atoms with Gasteiger partial charge in [-0.2, -0.15) is 0 Å². The van der Waals surface area contributed by atoms with Crippen LogP contribution in [0.4, 0.5) is 0 Å². The van der Waals surface area contributed by atoms with Crippen molar-refractivity contribution >= 4 is 23.3 Å². The molecule has 1 amide bonds. The number of primary amides is 1. The molecule has 0 saturated carbocycles. The number of ether oxygens (including phenoxy) is 2. The Morgan fingerprint density at radius 1 is 1.05 bits per heavy atom. The van der Waals surface area contributed by atoms with E-state index >= 15 is 0 Å². The second-order valence-electron chi connectivity index (χ2n) is 10.5. The zero-order valence-electron chi connectivity index (χ0n) is 22.0. The SMILES string of the molecule is CC1Cc2ccc(Cl)cc2-c2cc(=O)n(C(C[C@@H]3CCCCO3)C(=O)Cc3ccc(C(N)=O)cc3)cc2CO1. The molecule has 2 unspecified atom stereocenters. The van der Waals surface area contributed by atoms with Crippen molar-refractivity contribution in [1.82, 2.24) is 4.57 Å². The number of hydrogen-bond donors (Lipinski definition) is 1. The molecule has 0 aliphatic carbocycles. The van der Waals surface area contributed by atoms with Crippen LogP contribution in [-0.2, 0) is 33.7 Å². The van der Waals surface area contributed by atoms with Gasteiger partial charge in [0.05, 0.1) is 24.9 Å². The lowest BCUT2D eigenvalue weighted by Crippen LogP contribution is -2.35. The van der Waals surface area contributed by atoms with Gasteiger partial charge in [-0.15, -0.1) is 0 Å². The number of pyridine rings is 1. The van der Waals surface area contributed by atoms with Crippen LogP contribution in [0.5, 0.6) is 0 Å². The Hall–Kier alpha value is -3.26. The fourth-order valence-electron chi connectivity index (χ4n) is 5.53. The summed E-state index contributed by atoms with van der Waals surface area (Å²) in [4.78, 5) is 38.9. The molecule has 1 fully saturated rings. The van der Waals surface area contributed by atoms with E-state index in [9.17, 15) is 14.4 Å². The minimum absolute atomic E-state index is 0.0186. The largest absolute Gasteiger partial charge is 0.378 e. The quantitative estimate of drug-likeness (QED) is 0.446. The smallest absolute Gasteiger partial charge is 0.251 e. The first-order chi connectivity index (χ1) is 18.8. The summed E-state index contributed by atoms with van der Waals surface area (Å²) >= 11 is 6.35. The average molecular weight is 549 g/mol. The van der Waals surface area contributed by atoms with Crippen molar-refractivity contribution in [3.05, 3.63) is 92.4 Å². The molecular weight excluding hydrogens is 516 g/mol. The Labute approximate surface area is 232 Å².